The molecule has 0 aromatic heterocycles. The molecule has 0 spiro atoms. The highest BCUT2D eigenvalue weighted by Gasteiger charge is 2.20. The third-order valence-electron chi connectivity index (χ3n) is 2.87. The quantitative estimate of drug-likeness (QED) is 0.773. The Bertz CT molecular complexity index is 638. The largest absolute Gasteiger partial charge is 0.449 e. The molecule has 0 heterocycles. The van der Waals surface area contributed by atoms with Gasteiger partial charge in [0.05, 0.1) is 10.5 Å². The zero-order chi connectivity index (χ0) is 16.9. The number of ether oxygens (including phenoxy) is 1. The molecule has 0 unspecified atom stereocenters. The lowest BCUT2D eigenvalue weighted by atomic mass is 10.2. The highest BCUT2D eigenvalue weighted by molar-refractivity contribution is 7.89. The summed E-state index contributed by atoms with van der Waals surface area (Å²) in [6.45, 7) is 3.67. The number of amides is 1. The Morgan fingerprint density at radius 1 is 1.23 bits per heavy atom. The van der Waals surface area contributed by atoms with Crippen LogP contribution in [0, 0.1) is 0 Å². The molecule has 0 aliphatic carbocycles. The highest BCUT2D eigenvalue weighted by atomic mass is 32.2. The van der Waals surface area contributed by atoms with Crippen LogP contribution in [0.5, 0.6) is 0 Å². The lowest BCUT2D eigenvalue weighted by molar-refractivity contribution is -0.128. The zero-order valence-electron chi connectivity index (χ0n) is 13.0. The Balaban J connectivity index is 2.83. The summed E-state index contributed by atoms with van der Waals surface area (Å²) in [4.78, 5) is 23.5. The number of nitrogens with zero attached hydrogens (tertiary/aromatic N) is 1. The van der Waals surface area contributed by atoms with Crippen molar-refractivity contribution < 1.29 is 22.7 Å². The number of esters is 1. The third-order valence-corrected chi connectivity index (χ3v) is 4.70. The second kappa shape index (κ2) is 7.37. The van der Waals surface area contributed by atoms with Gasteiger partial charge in [0.25, 0.3) is 5.91 Å². The van der Waals surface area contributed by atoms with E-state index in [9.17, 15) is 18.0 Å². The first-order valence-corrected chi connectivity index (χ1v) is 8.15. The number of carbonyl (C=O) groups excluding carboxylic acids is 2. The van der Waals surface area contributed by atoms with Gasteiger partial charge in [-0.3, -0.25) is 4.79 Å². The number of benzene rings is 1. The van der Waals surface area contributed by atoms with Crippen molar-refractivity contribution in [2.45, 2.75) is 24.8 Å². The molecule has 0 saturated heterocycles. The average molecular weight is 328 g/mol. The summed E-state index contributed by atoms with van der Waals surface area (Å²) in [5.74, 6) is -1.07. The molecule has 1 amide bonds. The van der Waals surface area contributed by atoms with Crippen molar-refractivity contribution in [3.05, 3.63) is 29.8 Å². The molecule has 0 bridgehead atoms. The predicted molar refractivity (Wildman–Crippen MR) is 80.9 cm³/mol. The van der Waals surface area contributed by atoms with Crippen LogP contribution in [0.25, 0.3) is 0 Å². The fourth-order valence-electron chi connectivity index (χ4n) is 1.57. The van der Waals surface area contributed by atoms with Crippen LogP contribution in [0.3, 0.4) is 0 Å². The predicted octanol–water partition coefficient (Wildman–Crippen LogP) is 0.618. The molecule has 0 saturated carbocycles. The van der Waals surface area contributed by atoms with Crippen molar-refractivity contribution in [1.82, 2.24) is 9.62 Å². The molecular formula is C14H20N2O5S. The SMILES string of the molecule is CCNC(=O)[C@H](C)OC(=O)c1ccc(S(=O)(=O)N(C)C)cc1. The van der Waals surface area contributed by atoms with Gasteiger partial charge in [0.2, 0.25) is 10.0 Å². The molecule has 22 heavy (non-hydrogen) atoms. The second-order valence-corrected chi connectivity index (χ2v) is 6.91. The standard InChI is InChI=1S/C14H20N2O5S/c1-5-15-13(17)10(2)21-14(18)11-6-8-12(9-7-11)22(19,20)16(3)4/h6-10H,5H2,1-4H3,(H,15,17)/t10-/m0/s1. The first kappa shape index (κ1) is 18.1. The number of likely N-dealkylation sites (N-methyl/N-ethyl adjacent to an activating group) is 1. The topological polar surface area (TPSA) is 92.8 Å². The first-order chi connectivity index (χ1) is 10.2. The Labute approximate surface area is 130 Å². The van der Waals surface area contributed by atoms with E-state index in [-0.39, 0.29) is 16.4 Å². The van der Waals surface area contributed by atoms with Crippen molar-refractivity contribution in [3.8, 4) is 0 Å². The van der Waals surface area contributed by atoms with Crippen molar-refractivity contribution in [1.29, 1.82) is 0 Å². The van der Waals surface area contributed by atoms with Crippen LogP contribution < -0.4 is 5.32 Å². The lowest BCUT2D eigenvalue weighted by Crippen LogP contribution is -2.35. The van der Waals surface area contributed by atoms with Gasteiger partial charge >= 0.3 is 5.97 Å². The second-order valence-electron chi connectivity index (χ2n) is 4.75. The minimum absolute atomic E-state index is 0.0748. The van der Waals surface area contributed by atoms with Crippen molar-refractivity contribution in [2.24, 2.45) is 0 Å². The van der Waals surface area contributed by atoms with Gasteiger partial charge in [-0.15, -0.1) is 0 Å². The summed E-state index contributed by atoms with van der Waals surface area (Å²) >= 11 is 0. The van der Waals surface area contributed by atoms with E-state index in [0.717, 1.165) is 4.31 Å². The van der Waals surface area contributed by atoms with Gasteiger partial charge in [-0.25, -0.2) is 17.5 Å². The minimum Gasteiger partial charge on any atom is -0.449 e. The Morgan fingerprint density at radius 3 is 2.23 bits per heavy atom. The Hall–Kier alpha value is -1.93. The van der Waals surface area contributed by atoms with E-state index in [1.807, 2.05) is 0 Å². The van der Waals surface area contributed by atoms with Crippen LogP contribution in [0.4, 0.5) is 0 Å². The van der Waals surface area contributed by atoms with E-state index in [2.05, 4.69) is 5.32 Å². The van der Waals surface area contributed by atoms with Gasteiger partial charge in [-0.05, 0) is 38.1 Å². The maximum atomic E-state index is 11.9. The monoisotopic (exact) mass is 328 g/mol. The molecule has 0 radical (unpaired) electrons. The van der Waals surface area contributed by atoms with Crippen LogP contribution in [0.1, 0.15) is 24.2 Å². The molecule has 0 aliphatic rings. The average Bonchev–Trinajstić information content (AvgIpc) is 2.47. The normalized spacial score (nSPS) is 12.8. The molecular weight excluding hydrogens is 308 g/mol. The van der Waals surface area contributed by atoms with Crippen molar-refractivity contribution in [2.75, 3.05) is 20.6 Å². The van der Waals surface area contributed by atoms with E-state index >= 15 is 0 Å². The van der Waals surface area contributed by atoms with E-state index in [0.29, 0.717) is 6.54 Å². The number of hydrogen-bond donors (Lipinski definition) is 1. The van der Waals surface area contributed by atoms with Crippen LogP contribution in [0.2, 0.25) is 0 Å². The molecule has 0 aliphatic heterocycles. The van der Waals surface area contributed by atoms with Crippen molar-refractivity contribution >= 4 is 21.9 Å². The highest BCUT2D eigenvalue weighted by Crippen LogP contribution is 2.15. The van der Waals surface area contributed by atoms with E-state index < -0.39 is 22.1 Å². The molecule has 8 heteroatoms. The summed E-state index contributed by atoms with van der Waals surface area (Å²) in [6.07, 6.45) is -0.919. The summed E-state index contributed by atoms with van der Waals surface area (Å²) < 4.78 is 29.9. The maximum Gasteiger partial charge on any atom is 0.338 e. The molecule has 1 atom stereocenters. The Kier molecular flexibility index (Phi) is 6.07. The fourth-order valence-corrected chi connectivity index (χ4v) is 2.48. The van der Waals surface area contributed by atoms with Gasteiger partial charge in [-0.2, -0.15) is 0 Å². The number of rotatable bonds is 6. The number of sulfonamides is 1. The maximum absolute atomic E-state index is 11.9. The van der Waals surface area contributed by atoms with E-state index in [4.69, 9.17) is 4.74 Å². The number of carbonyl (C=O) groups is 2. The van der Waals surface area contributed by atoms with Gasteiger partial charge in [0.15, 0.2) is 6.10 Å². The lowest BCUT2D eigenvalue weighted by Gasteiger charge is -2.13. The summed E-state index contributed by atoms with van der Waals surface area (Å²) in [7, 11) is -0.702. The van der Waals surface area contributed by atoms with E-state index in [1.165, 1.54) is 45.3 Å². The number of nitrogens with one attached hydrogen (secondary N) is 1. The minimum atomic E-state index is -3.55. The molecule has 122 valence electrons. The van der Waals surface area contributed by atoms with Crippen LogP contribution in [-0.2, 0) is 19.6 Å². The summed E-state index contributed by atoms with van der Waals surface area (Å²) in [6, 6.07) is 5.34. The summed E-state index contributed by atoms with van der Waals surface area (Å²) in [5.41, 5.74) is 0.175. The molecule has 1 aromatic carbocycles. The fraction of sp³-hybridized carbons (Fsp3) is 0.429. The molecule has 7 nitrogen and oxygen atoms in total. The van der Waals surface area contributed by atoms with E-state index in [1.54, 1.807) is 6.92 Å². The molecule has 1 N–H and O–H groups in total. The van der Waals surface area contributed by atoms with Gasteiger partial charge < -0.3 is 10.1 Å². The van der Waals surface area contributed by atoms with Gasteiger partial charge in [0.1, 0.15) is 0 Å². The smallest absolute Gasteiger partial charge is 0.338 e. The molecule has 1 rings (SSSR count). The first-order valence-electron chi connectivity index (χ1n) is 6.71. The zero-order valence-corrected chi connectivity index (χ0v) is 13.8. The third kappa shape index (κ3) is 4.28. The van der Waals surface area contributed by atoms with Crippen LogP contribution in [0.15, 0.2) is 29.2 Å². The Morgan fingerprint density at radius 2 is 1.77 bits per heavy atom. The molecule has 0 fully saturated rings. The van der Waals surface area contributed by atoms with Crippen molar-refractivity contribution in [3.63, 3.8) is 0 Å². The van der Waals surface area contributed by atoms with Crippen LogP contribution >= 0.6 is 0 Å². The number of hydrogen-bond acceptors (Lipinski definition) is 5. The van der Waals surface area contributed by atoms with Gasteiger partial charge in [-0.1, -0.05) is 0 Å². The molecule has 1 aromatic rings. The summed E-state index contributed by atoms with van der Waals surface area (Å²) in [5, 5.41) is 2.54. The van der Waals surface area contributed by atoms with Gasteiger partial charge in [0, 0.05) is 20.6 Å². The van der Waals surface area contributed by atoms with Crippen LogP contribution in [-0.4, -0.2) is 51.3 Å².